The molecule has 0 rings (SSSR count). The third kappa shape index (κ3) is 8.27. The van der Waals surface area contributed by atoms with E-state index >= 15 is 0 Å². The molecule has 0 aliphatic rings. The Morgan fingerprint density at radius 2 is 2.00 bits per heavy atom. The monoisotopic (exact) mass is 164 g/mol. The highest BCUT2D eigenvalue weighted by atomic mass is 32.1. The summed E-state index contributed by atoms with van der Waals surface area (Å²) in [5, 5.41) is 0. The minimum atomic E-state index is 0.434. The van der Waals surface area contributed by atoms with E-state index in [0.717, 1.165) is 31.8 Å². The van der Waals surface area contributed by atoms with Crippen molar-refractivity contribution in [1.29, 1.82) is 0 Å². The predicted molar refractivity (Wildman–Crippen MR) is 45.5 cm³/mol. The fraction of sp³-hybridized carbons (Fsp3) is 1.00. The molecule has 62 valence electrons. The van der Waals surface area contributed by atoms with Crippen LogP contribution in [-0.4, -0.2) is 25.8 Å². The van der Waals surface area contributed by atoms with Crippen molar-refractivity contribution >= 4 is 12.6 Å². The third-order valence-corrected chi connectivity index (χ3v) is 1.38. The highest BCUT2D eigenvalue weighted by Gasteiger charge is 1.86. The SMILES string of the molecule is CCOCOCCCCS. The predicted octanol–water partition coefficient (Wildman–Crippen LogP) is 1.71. The van der Waals surface area contributed by atoms with Crippen molar-refractivity contribution in [2.75, 3.05) is 25.8 Å². The lowest BCUT2D eigenvalue weighted by Crippen LogP contribution is -2.00. The molecule has 0 spiro atoms. The first-order valence-corrected chi connectivity index (χ1v) is 4.31. The highest BCUT2D eigenvalue weighted by molar-refractivity contribution is 7.80. The largest absolute Gasteiger partial charge is 0.356 e. The fourth-order valence-corrected chi connectivity index (χ4v) is 0.741. The van der Waals surface area contributed by atoms with Crippen molar-refractivity contribution < 1.29 is 9.47 Å². The van der Waals surface area contributed by atoms with Gasteiger partial charge in [-0.25, -0.2) is 0 Å². The number of unbranched alkanes of at least 4 members (excludes halogenated alkanes) is 1. The van der Waals surface area contributed by atoms with E-state index in [4.69, 9.17) is 9.47 Å². The molecule has 0 saturated carbocycles. The van der Waals surface area contributed by atoms with E-state index in [-0.39, 0.29) is 0 Å². The Morgan fingerprint density at radius 1 is 1.20 bits per heavy atom. The number of hydrogen-bond acceptors (Lipinski definition) is 3. The first kappa shape index (κ1) is 10.3. The average molecular weight is 164 g/mol. The van der Waals surface area contributed by atoms with Gasteiger partial charge < -0.3 is 9.47 Å². The van der Waals surface area contributed by atoms with Gasteiger partial charge in [0.05, 0.1) is 0 Å². The topological polar surface area (TPSA) is 18.5 Å². The van der Waals surface area contributed by atoms with Crippen LogP contribution < -0.4 is 0 Å². The van der Waals surface area contributed by atoms with Crippen molar-refractivity contribution in [1.82, 2.24) is 0 Å². The highest BCUT2D eigenvalue weighted by Crippen LogP contribution is 1.91. The smallest absolute Gasteiger partial charge is 0.146 e. The van der Waals surface area contributed by atoms with Crippen molar-refractivity contribution in [3.05, 3.63) is 0 Å². The summed E-state index contributed by atoms with van der Waals surface area (Å²) < 4.78 is 10.1. The Bertz CT molecular complexity index is 51.6. The zero-order chi connectivity index (χ0) is 7.66. The Balaban J connectivity index is 2.65. The second-order valence-electron chi connectivity index (χ2n) is 1.95. The van der Waals surface area contributed by atoms with E-state index in [0.29, 0.717) is 6.79 Å². The molecular weight excluding hydrogens is 148 g/mol. The molecule has 0 aromatic carbocycles. The Hall–Kier alpha value is 0.270. The van der Waals surface area contributed by atoms with Gasteiger partial charge in [0.2, 0.25) is 0 Å². The van der Waals surface area contributed by atoms with Gasteiger partial charge in [-0.3, -0.25) is 0 Å². The van der Waals surface area contributed by atoms with E-state index in [1.54, 1.807) is 0 Å². The van der Waals surface area contributed by atoms with Crippen LogP contribution in [0, 0.1) is 0 Å². The molecule has 3 heteroatoms. The summed E-state index contributed by atoms with van der Waals surface area (Å²) >= 11 is 4.08. The van der Waals surface area contributed by atoms with E-state index in [1.165, 1.54) is 0 Å². The maximum absolute atomic E-state index is 5.12. The van der Waals surface area contributed by atoms with Gasteiger partial charge in [-0.15, -0.1) is 0 Å². The number of hydrogen-bond donors (Lipinski definition) is 1. The van der Waals surface area contributed by atoms with E-state index < -0.39 is 0 Å². The fourth-order valence-electron chi connectivity index (χ4n) is 0.517. The molecule has 0 bridgehead atoms. The molecule has 0 N–H and O–H groups in total. The molecule has 0 aliphatic carbocycles. The number of ether oxygens (including phenoxy) is 2. The Kier molecular flexibility index (Phi) is 9.52. The summed E-state index contributed by atoms with van der Waals surface area (Å²) in [4.78, 5) is 0. The van der Waals surface area contributed by atoms with Gasteiger partial charge in [0.25, 0.3) is 0 Å². The molecule has 0 aromatic heterocycles. The Labute approximate surface area is 68.3 Å². The maximum atomic E-state index is 5.12. The number of rotatable bonds is 7. The van der Waals surface area contributed by atoms with Crippen molar-refractivity contribution in [3.8, 4) is 0 Å². The van der Waals surface area contributed by atoms with Gasteiger partial charge in [0.1, 0.15) is 6.79 Å². The summed E-state index contributed by atoms with van der Waals surface area (Å²) in [5.74, 6) is 0.942. The third-order valence-electron chi connectivity index (χ3n) is 1.07. The normalized spacial score (nSPS) is 10.2. The molecule has 0 fully saturated rings. The van der Waals surface area contributed by atoms with Crippen LogP contribution in [0.5, 0.6) is 0 Å². The molecular formula is C7H16O2S. The average Bonchev–Trinajstić information content (AvgIpc) is 1.97. The van der Waals surface area contributed by atoms with Crippen LogP contribution >= 0.6 is 12.6 Å². The van der Waals surface area contributed by atoms with E-state index in [1.807, 2.05) is 6.92 Å². The number of thiol groups is 1. The van der Waals surface area contributed by atoms with Crippen molar-refractivity contribution in [3.63, 3.8) is 0 Å². The molecule has 10 heavy (non-hydrogen) atoms. The lowest BCUT2D eigenvalue weighted by atomic mass is 10.4. The molecule has 2 nitrogen and oxygen atoms in total. The summed E-state index contributed by atoms with van der Waals surface area (Å²) in [6.45, 7) is 3.91. The second kappa shape index (κ2) is 9.27. The van der Waals surface area contributed by atoms with Crippen LogP contribution in [0.1, 0.15) is 19.8 Å². The van der Waals surface area contributed by atoms with E-state index in [9.17, 15) is 0 Å². The van der Waals surface area contributed by atoms with Crippen LogP contribution in [0.2, 0.25) is 0 Å². The minimum Gasteiger partial charge on any atom is -0.356 e. The van der Waals surface area contributed by atoms with E-state index in [2.05, 4.69) is 12.6 Å². The quantitative estimate of drug-likeness (QED) is 0.351. The second-order valence-corrected chi connectivity index (χ2v) is 2.40. The van der Waals surface area contributed by atoms with Gasteiger partial charge >= 0.3 is 0 Å². The summed E-state index contributed by atoms with van der Waals surface area (Å²) in [6, 6.07) is 0. The lowest BCUT2D eigenvalue weighted by Gasteiger charge is -2.01. The molecule has 0 aromatic rings. The molecule has 0 atom stereocenters. The maximum Gasteiger partial charge on any atom is 0.146 e. The lowest BCUT2D eigenvalue weighted by molar-refractivity contribution is -0.0498. The van der Waals surface area contributed by atoms with Crippen LogP contribution in [-0.2, 0) is 9.47 Å². The van der Waals surface area contributed by atoms with Crippen molar-refractivity contribution in [2.24, 2.45) is 0 Å². The molecule has 0 aliphatic heterocycles. The molecule has 0 saturated heterocycles. The van der Waals surface area contributed by atoms with Gasteiger partial charge in [-0.05, 0) is 25.5 Å². The molecule has 0 unspecified atom stereocenters. The van der Waals surface area contributed by atoms with Crippen LogP contribution in [0.4, 0.5) is 0 Å². The summed E-state index contributed by atoms with van der Waals surface area (Å²) in [5.41, 5.74) is 0. The van der Waals surface area contributed by atoms with Gasteiger partial charge in [0.15, 0.2) is 0 Å². The van der Waals surface area contributed by atoms with Gasteiger partial charge in [-0.2, -0.15) is 12.6 Å². The summed E-state index contributed by atoms with van der Waals surface area (Å²) in [6.07, 6.45) is 2.20. The zero-order valence-corrected chi connectivity index (χ0v) is 7.40. The minimum absolute atomic E-state index is 0.434. The Morgan fingerprint density at radius 3 is 2.60 bits per heavy atom. The van der Waals surface area contributed by atoms with Gasteiger partial charge in [-0.1, -0.05) is 0 Å². The van der Waals surface area contributed by atoms with Crippen LogP contribution in [0.3, 0.4) is 0 Å². The standard InChI is InChI=1S/C7H16O2S/c1-2-8-7-9-5-3-4-6-10/h10H,2-7H2,1H3. The first-order chi connectivity index (χ1) is 4.91. The van der Waals surface area contributed by atoms with Gasteiger partial charge in [0, 0.05) is 13.2 Å². The van der Waals surface area contributed by atoms with Crippen molar-refractivity contribution in [2.45, 2.75) is 19.8 Å². The zero-order valence-electron chi connectivity index (χ0n) is 6.51. The molecule has 0 radical (unpaired) electrons. The van der Waals surface area contributed by atoms with Crippen LogP contribution in [0.25, 0.3) is 0 Å². The molecule has 0 heterocycles. The molecule has 0 amide bonds. The first-order valence-electron chi connectivity index (χ1n) is 3.68. The summed E-state index contributed by atoms with van der Waals surface area (Å²) in [7, 11) is 0. The van der Waals surface area contributed by atoms with Crippen LogP contribution in [0.15, 0.2) is 0 Å².